The molecule has 0 fully saturated rings. The van der Waals surface area contributed by atoms with Gasteiger partial charge >= 0.3 is 5.97 Å². The standard InChI is InChI=1S/C20H21N3O4/c1-23(10-11-27-15-6-4-3-5-7-15)13-18-21-17-12-14(20(25)26-2)8-9-16(17)19(24)22-18/h3-9,12H,10-11,13H2,1-2H3,(H,21,22,24). The first-order chi connectivity index (χ1) is 13.1. The molecule has 0 spiro atoms. The molecule has 1 N–H and O–H groups in total. The summed E-state index contributed by atoms with van der Waals surface area (Å²) in [5.74, 6) is 0.880. The van der Waals surface area contributed by atoms with Crippen molar-refractivity contribution in [1.29, 1.82) is 0 Å². The maximum Gasteiger partial charge on any atom is 0.337 e. The fourth-order valence-corrected chi connectivity index (χ4v) is 2.68. The highest BCUT2D eigenvalue weighted by Gasteiger charge is 2.11. The Labute approximate surface area is 156 Å². The number of hydrogen-bond acceptors (Lipinski definition) is 6. The van der Waals surface area contributed by atoms with Gasteiger partial charge in [0.05, 0.1) is 30.1 Å². The second-order valence-electron chi connectivity index (χ2n) is 6.14. The lowest BCUT2D eigenvalue weighted by Crippen LogP contribution is -2.26. The highest BCUT2D eigenvalue weighted by atomic mass is 16.5. The quantitative estimate of drug-likeness (QED) is 0.645. The Morgan fingerprint density at radius 3 is 2.70 bits per heavy atom. The predicted octanol–water partition coefficient (Wildman–Crippen LogP) is 2.22. The van der Waals surface area contributed by atoms with E-state index in [2.05, 4.69) is 9.97 Å². The number of fused-ring (bicyclic) bond motifs is 1. The van der Waals surface area contributed by atoms with Gasteiger partial charge in [-0.15, -0.1) is 0 Å². The van der Waals surface area contributed by atoms with Crippen LogP contribution in [0.1, 0.15) is 16.2 Å². The molecule has 0 saturated carbocycles. The molecular formula is C20H21N3O4. The number of benzene rings is 2. The second-order valence-corrected chi connectivity index (χ2v) is 6.14. The maximum atomic E-state index is 12.3. The lowest BCUT2D eigenvalue weighted by molar-refractivity contribution is 0.0601. The van der Waals surface area contributed by atoms with Crippen LogP contribution >= 0.6 is 0 Å². The summed E-state index contributed by atoms with van der Waals surface area (Å²) in [6, 6.07) is 14.3. The monoisotopic (exact) mass is 367 g/mol. The van der Waals surface area contributed by atoms with E-state index in [1.54, 1.807) is 18.2 Å². The fraction of sp³-hybridized carbons (Fsp3) is 0.250. The van der Waals surface area contributed by atoms with Gasteiger partial charge in [0.15, 0.2) is 0 Å². The first kappa shape index (κ1) is 18.6. The third kappa shape index (κ3) is 4.71. The van der Waals surface area contributed by atoms with E-state index in [-0.39, 0.29) is 5.56 Å². The third-order valence-corrected chi connectivity index (χ3v) is 4.08. The van der Waals surface area contributed by atoms with Crippen molar-refractivity contribution >= 4 is 16.9 Å². The largest absolute Gasteiger partial charge is 0.492 e. The number of carbonyl (C=O) groups excluding carboxylic acids is 1. The number of H-pyrrole nitrogens is 1. The molecule has 0 bridgehead atoms. The third-order valence-electron chi connectivity index (χ3n) is 4.08. The van der Waals surface area contributed by atoms with E-state index in [0.29, 0.717) is 42.0 Å². The summed E-state index contributed by atoms with van der Waals surface area (Å²) in [5.41, 5.74) is 0.588. The van der Waals surface area contributed by atoms with Crippen LogP contribution in [0.5, 0.6) is 5.75 Å². The average Bonchev–Trinajstić information content (AvgIpc) is 2.67. The Morgan fingerprint density at radius 1 is 1.19 bits per heavy atom. The second kappa shape index (κ2) is 8.46. The van der Waals surface area contributed by atoms with Gasteiger partial charge in [-0.05, 0) is 37.4 Å². The lowest BCUT2D eigenvalue weighted by atomic mass is 10.1. The van der Waals surface area contributed by atoms with Gasteiger partial charge in [-0.25, -0.2) is 9.78 Å². The van der Waals surface area contributed by atoms with E-state index in [0.717, 1.165) is 5.75 Å². The molecular weight excluding hydrogens is 346 g/mol. The van der Waals surface area contributed by atoms with Crippen LogP contribution in [0.2, 0.25) is 0 Å². The van der Waals surface area contributed by atoms with E-state index >= 15 is 0 Å². The van der Waals surface area contributed by atoms with Crippen LogP contribution in [0, 0.1) is 0 Å². The van der Waals surface area contributed by atoms with Crippen molar-refractivity contribution in [2.75, 3.05) is 27.3 Å². The number of esters is 1. The number of nitrogens with one attached hydrogen (secondary N) is 1. The number of nitrogens with zero attached hydrogens (tertiary/aromatic N) is 2. The highest BCUT2D eigenvalue weighted by molar-refractivity contribution is 5.93. The van der Waals surface area contributed by atoms with Crippen LogP contribution in [0.15, 0.2) is 53.3 Å². The molecule has 0 saturated heterocycles. The van der Waals surface area contributed by atoms with Crippen LogP contribution in [0.4, 0.5) is 0 Å². The lowest BCUT2D eigenvalue weighted by Gasteiger charge is -2.16. The van der Waals surface area contributed by atoms with Crippen molar-refractivity contribution in [3.63, 3.8) is 0 Å². The smallest absolute Gasteiger partial charge is 0.337 e. The fourth-order valence-electron chi connectivity index (χ4n) is 2.68. The normalized spacial score (nSPS) is 10.9. The van der Waals surface area contributed by atoms with E-state index in [1.807, 2.05) is 42.3 Å². The minimum Gasteiger partial charge on any atom is -0.492 e. The summed E-state index contributed by atoms with van der Waals surface area (Å²) in [5, 5.41) is 0.432. The molecule has 3 aromatic rings. The number of methoxy groups -OCH3 is 1. The van der Waals surface area contributed by atoms with Gasteiger partial charge in [0.25, 0.3) is 5.56 Å². The molecule has 0 radical (unpaired) electrons. The van der Waals surface area contributed by atoms with Gasteiger partial charge in [0.2, 0.25) is 0 Å². The Kier molecular flexibility index (Phi) is 5.83. The molecule has 0 aliphatic carbocycles. The minimum absolute atomic E-state index is 0.236. The minimum atomic E-state index is -0.462. The number of ether oxygens (including phenoxy) is 2. The summed E-state index contributed by atoms with van der Waals surface area (Å²) < 4.78 is 10.4. The van der Waals surface area contributed by atoms with E-state index in [9.17, 15) is 9.59 Å². The molecule has 1 aromatic heterocycles. The molecule has 7 heteroatoms. The van der Waals surface area contributed by atoms with Crippen molar-refractivity contribution in [3.8, 4) is 5.75 Å². The summed E-state index contributed by atoms with van der Waals surface area (Å²) in [7, 11) is 3.24. The SMILES string of the molecule is COC(=O)c1ccc2c(=O)[nH]c(CN(C)CCOc3ccccc3)nc2c1. The summed E-state index contributed by atoms with van der Waals surface area (Å²) >= 11 is 0. The van der Waals surface area contributed by atoms with Crippen LogP contribution in [-0.2, 0) is 11.3 Å². The van der Waals surface area contributed by atoms with Gasteiger partial charge in [-0.1, -0.05) is 18.2 Å². The van der Waals surface area contributed by atoms with E-state index in [4.69, 9.17) is 9.47 Å². The molecule has 7 nitrogen and oxygen atoms in total. The molecule has 0 aliphatic heterocycles. The van der Waals surface area contributed by atoms with Gasteiger partial charge in [-0.2, -0.15) is 0 Å². The molecule has 0 unspecified atom stereocenters. The number of rotatable bonds is 7. The van der Waals surface area contributed by atoms with Crippen molar-refractivity contribution < 1.29 is 14.3 Å². The van der Waals surface area contributed by atoms with Gasteiger partial charge < -0.3 is 14.5 Å². The zero-order valence-electron chi connectivity index (χ0n) is 15.3. The molecule has 140 valence electrons. The molecule has 0 atom stereocenters. The molecule has 2 aromatic carbocycles. The maximum absolute atomic E-state index is 12.3. The predicted molar refractivity (Wildman–Crippen MR) is 102 cm³/mol. The molecule has 0 aliphatic rings. The Hall–Kier alpha value is -3.19. The first-order valence-corrected chi connectivity index (χ1v) is 8.54. The van der Waals surface area contributed by atoms with Gasteiger partial charge in [0.1, 0.15) is 18.2 Å². The number of aromatic nitrogens is 2. The molecule has 0 amide bonds. The summed E-state index contributed by atoms with van der Waals surface area (Å²) in [4.78, 5) is 33.2. The van der Waals surface area contributed by atoms with Crippen molar-refractivity contribution in [2.24, 2.45) is 0 Å². The van der Waals surface area contributed by atoms with Crippen LogP contribution < -0.4 is 10.3 Å². The first-order valence-electron chi connectivity index (χ1n) is 8.54. The average molecular weight is 367 g/mol. The molecule has 27 heavy (non-hydrogen) atoms. The highest BCUT2D eigenvalue weighted by Crippen LogP contribution is 2.12. The van der Waals surface area contributed by atoms with E-state index in [1.165, 1.54) is 7.11 Å². The van der Waals surface area contributed by atoms with Gasteiger partial charge in [0, 0.05) is 6.54 Å². The number of aromatic amines is 1. The van der Waals surface area contributed by atoms with Crippen molar-refractivity contribution in [3.05, 3.63) is 70.3 Å². The zero-order chi connectivity index (χ0) is 19.2. The summed E-state index contributed by atoms with van der Waals surface area (Å²) in [6.45, 7) is 1.63. The van der Waals surface area contributed by atoms with Crippen LogP contribution in [-0.4, -0.2) is 48.1 Å². The number of hydrogen-bond donors (Lipinski definition) is 1. The molecule has 3 rings (SSSR count). The van der Waals surface area contributed by atoms with Gasteiger partial charge in [-0.3, -0.25) is 9.69 Å². The Balaban J connectivity index is 1.68. The van der Waals surface area contributed by atoms with Crippen molar-refractivity contribution in [1.82, 2.24) is 14.9 Å². The van der Waals surface area contributed by atoms with Crippen LogP contribution in [0.25, 0.3) is 10.9 Å². The molecule has 1 heterocycles. The zero-order valence-corrected chi connectivity index (χ0v) is 15.3. The van der Waals surface area contributed by atoms with Crippen LogP contribution in [0.3, 0.4) is 0 Å². The number of carbonyl (C=O) groups is 1. The van der Waals surface area contributed by atoms with Crippen molar-refractivity contribution in [2.45, 2.75) is 6.54 Å². The summed E-state index contributed by atoms with van der Waals surface area (Å²) in [6.07, 6.45) is 0. The number of likely N-dealkylation sites (N-methyl/N-ethyl adjacent to an activating group) is 1. The van der Waals surface area contributed by atoms with E-state index < -0.39 is 5.97 Å². The number of para-hydroxylation sites is 1. The Bertz CT molecular complexity index is 985. The Morgan fingerprint density at radius 2 is 1.96 bits per heavy atom. The topological polar surface area (TPSA) is 84.5 Å².